The molecule has 1 heterocycles. The highest BCUT2D eigenvalue weighted by molar-refractivity contribution is 7.83. The zero-order valence-corrected chi connectivity index (χ0v) is 13.4. The van der Waals surface area contributed by atoms with Crippen molar-refractivity contribution in [3.8, 4) is 0 Å². The van der Waals surface area contributed by atoms with Crippen molar-refractivity contribution in [2.45, 2.75) is 43.1 Å². The molecule has 1 aliphatic carbocycles. The third-order valence-corrected chi connectivity index (χ3v) is 6.15. The predicted molar refractivity (Wildman–Crippen MR) is 85.3 cm³/mol. The maximum atomic E-state index is 12.8. The van der Waals surface area contributed by atoms with Crippen LogP contribution >= 0.6 is 11.3 Å². The summed E-state index contributed by atoms with van der Waals surface area (Å²) in [4.78, 5) is 4.65. The first kappa shape index (κ1) is 14.9. The molecule has 0 spiro atoms. The Balaban J connectivity index is 1.58. The largest absolute Gasteiger partial charge is 0.259 e. The van der Waals surface area contributed by atoms with Gasteiger partial charge in [-0.3, -0.25) is 4.21 Å². The van der Waals surface area contributed by atoms with Gasteiger partial charge in [0, 0.05) is 27.9 Å². The van der Waals surface area contributed by atoms with Crippen LogP contribution < -0.4 is 0 Å². The van der Waals surface area contributed by atoms with Crippen molar-refractivity contribution in [3.63, 3.8) is 0 Å². The fourth-order valence-electron chi connectivity index (χ4n) is 2.73. The summed E-state index contributed by atoms with van der Waals surface area (Å²) in [6, 6.07) is 6.21. The number of hydrogen-bond donors (Lipinski definition) is 0. The lowest BCUT2D eigenvalue weighted by molar-refractivity contribution is 0.627. The minimum absolute atomic E-state index is 0.259. The van der Waals surface area contributed by atoms with E-state index in [1.165, 1.54) is 42.8 Å². The molecule has 1 saturated carbocycles. The first-order chi connectivity index (χ1) is 10.2. The number of halogens is 1. The molecule has 3 rings (SSSR count). The van der Waals surface area contributed by atoms with E-state index in [-0.39, 0.29) is 5.82 Å². The van der Waals surface area contributed by atoms with Crippen LogP contribution in [0.5, 0.6) is 0 Å². The molecule has 2 aromatic rings. The molecule has 1 aliphatic rings. The average molecular weight is 323 g/mol. The summed E-state index contributed by atoms with van der Waals surface area (Å²) in [5.41, 5.74) is 1.84. The molecule has 21 heavy (non-hydrogen) atoms. The van der Waals surface area contributed by atoms with Gasteiger partial charge in [-0.15, -0.1) is 11.3 Å². The lowest BCUT2D eigenvalue weighted by Gasteiger charge is -2.03. The van der Waals surface area contributed by atoms with Crippen LogP contribution in [0.3, 0.4) is 0 Å². The monoisotopic (exact) mass is 323 g/mol. The second-order valence-electron chi connectivity index (χ2n) is 5.51. The smallest absolute Gasteiger partial charge is 0.123 e. The van der Waals surface area contributed by atoms with Gasteiger partial charge < -0.3 is 0 Å². The number of benzene rings is 1. The van der Waals surface area contributed by atoms with E-state index in [0.717, 1.165) is 11.3 Å². The Morgan fingerprint density at radius 2 is 1.90 bits per heavy atom. The van der Waals surface area contributed by atoms with Gasteiger partial charge in [0.1, 0.15) is 5.82 Å². The molecular weight excluding hydrogens is 305 g/mol. The predicted octanol–water partition coefficient (Wildman–Crippen LogP) is 4.39. The highest BCUT2D eigenvalue weighted by atomic mass is 32.2. The Labute approximate surface area is 130 Å². The maximum absolute atomic E-state index is 12.8. The van der Waals surface area contributed by atoms with Gasteiger partial charge in [0.2, 0.25) is 0 Å². The van der Waals surface area contributed by atoms with Gasteiger partial charge in [0.15, 0.2) is 0 Å². The third kappa shape index (κ3) is 3.98. The first-order valence-corrected chi connectivity index (χ1v) is 9.61. The second-order valence-corrected chi connectivity index (χ2v) is 7.86. The van der Waals surface area contributed by atoms with Crippen LogP contribution in [-0.2, 0) is 22.3 Å². The van der Waals surface area contributed by atoms with Crippen molar-refractivity contribution in [3.05, 3.63) is 51.7 Å². The van der Waals surface area contributed by atoms with E-state index in [1.807, 2.05) is 5.38 Å². The minimum atomic E-state index is -0.995. The van der Waals surface area contributed by atoms with Gasteiger partial charge in [-0.1, -0.05) is 25.0 Å². The molecule has 0 bridgehead atoms. The summed E-state index contributed by atoms with van der Waals surface area (Å²) in [6.45, 7) is 0. The third-order valence-electron chi connectivity index (χ3n) is 3.82. The normalized spacial score (nSPS) is 17.2. The van der Waals surface area contributed by atoms with E-state index in [1.54, 1.807) is 23.5 Å². The van der Waals surface area contributed by atoms with Crippen molar-refractivity contribution in [2.75, 3.05) is 0 Å². The van der Waals surface area contributed by atoms with Gasteiger partial charge in [-0.05, 0) is 30.5 Å². The van der Waals surface area contributed by atoms with E-state index >= 15 is 0 Å². The zero-order valence-electron chi connectivity index (χ0n) is 11.8. The number of hydrogen-bond acceptors (Lipinski definition) is 3. The lowest BCUT2D eigenvalue weighted by Crippen LogP contribution is -2.00. The van der Waals surface area contributed by atoms with E-state index in [9.17, 15) is 8.60 Å². The van der Waals surface area contributed by atoms with Crippen molar-refractivity contribution < 1.29 is 8.60 Å². The van der Waals surface area contributed by atoms with Crippen molar-refractivity contribution in [2.24, 2.45) is 0 Å². The Hall–Kier alpha value is -1.07. The molecule has 1 aromatic carbocycles. The van der Waals surface area contributed by atoms with Crippen LogP contribution in [0.4, 0.5) is 4.39 Å². The summed E-state index contributed by atoms with van der Waals surface area (Å²) < 4.78 is 25.0. The molecule has 1 atom stereocenters. The number of nitrogens with zero attached hydrogens (tertiary/aromatic N) is 1. The molecular formula is C16H18FNOS2. The van der Waals surface area contributed by atoms with Crippen LogP contribution in [0.15, 0.2) is 29.6 Å². The van der Waals surface area contributed by atoms with Crippen molar-refractivity contribution >= 4 is 22.1 Å². The van der Waals surface area contributed by atoms with Crippen molar-refractivity contribution in [1.29, 1.82) is 0 Å². The molecule has 0 saturated heterocycles. The molecule has 5 heteroatoms. The number of rotatable bonds is 5. The molecule has 1 aromatic heterocycles. The minimum Gasteiger partial charge on any atom is -0.259 e. The van der Waals surface area contributed by atoms with Crippen LogP contribution in [0, 0.1) is 5.82 Å². The Morgan fingerprint density at radius 3 is 2.62 bits per heavy atom. The Bertz CT molecular complexity index is 617. The molecule has 0 N–H and O–H groups in total. The van der Waals surface area contributed by atoms with Crippen LogP contribution in [0.25, 0.3) is 0 Å². The lowest BCUT2D eigenvalue weighted by atomic mass is 10.1. The highest BCUT2D eigenvalue weighted by Gasteiger charge is 2.20. The number of thiazole rings is 1. The Morgan fingerprint density at radius 1 is 1.19 bits per heavy atom. The summed E-state index contributed by atoms with van der Waals surface area (Å²) in [5, 5.41) is 3.25. The number of aromatic nitrogens is 1. The fraction of sp³-hybridized carbons (Fsp3) is 0.438. The van der Waals surface area contributed by atoms with Gasteiger partial charge in [0.05, 0.1) is 16.5 Å². The highest BCUT2D eigenvalue weighted by Crippen LogP contribution is 2.35. The molecule has 2 nitrogen and oxygen atoms in total. The molecule has 0 radical (unpaired) electrons. The van der Waals surface area contributed by atoms with Crippen LogP contribution in [0.2, 0.25) is 0 Å². The summed E-state index contributed by atoms with van der Waals surface area (Å²) in [5.74, 6) is 1.30. The van der Waals surface area contributed by atoms with Crippen LogP contribution in [0.1, 0.15) is 47.9 Å². The Kier molecular flexibility index (Phi) is 4.80. The van der Waals surface area contributed by atoms with E-state index in [4.69, 9.17) is 0 Å². The fourth-order valence-corrected chi connectivity index (χ4v) is 4.97. The van der Waals surface area contributed by atoms with Gasteiger partial charge in [0.25, 0.3) is 0 Å². The van der Waals surface area contributed by atoms with E-state index in [0.29, 0.717) is 17.4 Å². The summed E-state index contributed by atoms with van der Waals surface area (Å²) >= 11 is 1.70. The van der Waals surface area contributed by atoms with Crippen molar-refractivity contribution in [1.82, 2.24) is 4.98 Å². The van der Waals surface area contributed by atoms with Gasteiger partial charge >= 0.3 is 0 Å². The van der Waals surface area contributed by atoms with E-state index in [2.05, 4.69) is 4.98 Å². The topological polar surface area (TPSA) is 30.0 Å². The van der Waals surface area contributed by atoms with Gasteiger partial charge in [-0.2, -0.15) is 0 Å². The van der Waals surface area contributed by atoms with Crippen LogP contribution in [-0.4, -0.2) is 9.19 Å². The zero-order chi connectivity index (χ0) is 14.7. The molecule has 112 valence electrons. The standard InChI is InChI=1S/C16H18FNOS2/c17-14-7-5-12(6-8-14)10-21(19)11-15-9-20-16(18-15)13-3-1-2-4-13/h5-9,13H,1-4,10-11H2/t21-/m0/s1. The van der Waals surface area contributed by atoms with E-state index < -0.39 is 10.8 Å². The molecule has 1 fully saturated rings. The molecule has 0 amide bonds. The molecule has 0 unspecified atom stereocenters. The molecule has 0 aliphatic heterocycles. The average Bonchev–Trinajstić information content (AvgIpc) is 3.12. The second kappa shape index (κ2) is 6.79. The summed E-state index contributed by atoms with van der Waals surface area (Å²) in [6.07, 6.45) is 5.09. The summed E-state index contributed by atoms with van der Waals surface area (Å²) in [7, 11) is -0.995. The quantitative estimate of drug-likeness (QED) is 0.817. The van der Waals surface area contributed by atoms with Gasteiger partial charge in [-0.25, -0.2) is 9.37 Å². The SMILES string of the molecule is O=[S@@](Cc1ccc(F)cc1)Cc1csc(C2CCCC2)n1. The first-order valence-electron chi connectivity index (χ1n) is 7.24. The maximum Gasteiger partial charge on any atom is 0.123 e.